The lowest BCUT2D eigenvalue weighted by atomic mass is 10.1. The molecule has 0 radical (unpaired) electrons. The molecule has 0 aliphatic heterocycles. The summed E-state index contributed by atoms with van der Waals surface area (Å²) in [5.74, 6) is 0.796. The zero-order chi connectivity index (χ0) is 9.40. The van der Waals surface area contributed by atoms with Crippen LogP contribution in [0.25, 0.3) is 0 Å². The van der Waals surface area contributed by atoms with Crippen molar-refractivity contribution in [2.24, 2.45) is 5.92 Å². The maximum atomic E-state index is 11.1. The summed E-state index contributed by atoms with van der Waals surface area (Å²) in [6.07, 6.45) is 2.30. The number of rotatable bonds is 7. The van der Waals surface area contributed by atoms with E-state index in [0.29, 0.717) is 31.1 Å². The standard InChI is InChI=1S/C10H20O2/c1-4-6-12-7-5-10(11)8-9(2)3/h9H,4-8H2,1-3H3. The Morgan fingerprint density at radius 1 is 1.33 bits per heavy atom. The Labute approximate surface area is 75.3 Å². The summed E-state index contributed by atoms with van der Waals surface area (Å²) in [7, 11) is 0. The van der Waals surface area contributed by atoms with E-state index in [4.69, 9.17) is 4.74 Å². The van der Waals surface area contributed by atoms with Crippen LogP contribution in [0.5, 0.6) is 0 Å². The molecule has 0 fully saturated rings. The second-order valence-electron chi connectivity index (χ2n) is 3.50. The monoisotopic (exact) mass is 172 g/mol. The van der Waals surface area contributed by atoms with Gasteiger partial charge < -0.3 is 4.74 Å². The molecule has 0 saturated carbocycles. The smallest absolute Gasteiger partial charge is 0.135 e. The number of carbonyl (C=O) groups excluding carboxylic acids is 1. The van der Waals surface area contributed by atoms with Crippen LogP contribution in [-0.4, -0.2) is 19.0 Å². The first kappa shape index (κ1) is 11.6. The van der Waals surface area contributed by atoms with E-state index in [1.165, 1.54) is 0 Å². The quantitative estimate of drug-likeness (QED) is 0.551. The molecule has 0 aromatic carbocycles. The number of hydrogen-bond donors (Lipinski definition) is 0. The van der Waals surface area contributed by atoms with Crippen molar-refractivity contribution in [2.45, 2.75) is 40.0 Å². The van der Waals surface area contributed by atoms with E-state index in [0.717, 1.165) is 13.0 Å². The second kappa shape index (κ2) is 7.29. The third kappa shape index (κ3) is 7.73. The molecular formula is C10H20O2. The van der Waals surface area contributed by atoms with Gasteiger partial charge in [-0.15, -0.1) is 0 Å². The van der Waals surface area contributed by atoms with E-state index >= 15 is 0 Å². The van der Waals surface area contributed by atoms with Crippen molar-refractivity contribution in [3.63, 3.8) is 0 Å². The fourth-order valence-electron chi connectivity index (χ4n) is 0.990. The molecule has 0 aliphatic carbocycles. The van der Waals surface area contributed by atoms with Gasteiger partial charge in [-0.25, -0.2) is 0 Å². The molecule has 0 aromatic heterocycles. The molecule has 0 spiro atoms. The fourth-order valence-corrected chi connectivity index (χ4v) is 0.990. The Morgan fingerprint density at radius 3 is 2.50 bits per heavy atom. The third-order valence-corrected chi connectivity index (χ3v) is 1.51. The highest BCUT2D eigenvalue weighted by molar-refractivity contribution is 5.78. The molecular weight excluding hydrogens is 152 g/mol. The number of Topliss-reactive ketones (excluding diaryl/α,β-unsaturated/α-hetero) is 1. The zero-order valence-corrected chi connectivity index (χ0v) is 8.43. The summed E-state index contributed by atoms with van der Waals surface area (Å²) in [5.41, 5.74) is 0. The Hall–Kier alpha value is -0.370. The van der Waals surface area contributed by atoms with Crippen LogP contribution >= 0.6 is 0 Å². The number of ketones is 1. The van der Waals surface area contributed by atoms with Crippen LogP contribution in [0.3, 0.4) is 0 Å². The molecule has 0 N–H and O–H groups in total. The molecule has 0 unspecified atom stereocenters. The van der Waals surface area contributed by atoms with Gasteiger partial charge in [0, 0.05) is 19.4 Å². The Balaban J connectivity index is 3.20. The molecule has 0 atom stereocenters. The van der Waals surface area contributed by atoms with Gasteiger partial charge >= 0.3 is 0 Å². The summed E-state index contributed by atoms with van der Waals surface area (Å²) >= 11 is 0. The molecule has 0 aliphatic rings. The number of ether oxygens (including phenoxy) is 1. The first-order valence-corrected chi connectivity index (χ1v) is 4.76. The van der Waals surface area contributed by atoms with Crippen molar-refractivity contribution < 1.29 is 9.53 Å². The lowest BCUT2D eigenvalue weighted by molar-refractivity contribution is -0.120. The maximum Gasteiger partial charge on any atom is 0.135 e. The van der Waals surface area contributed by atoms with E-state index in [-0.39, 0.29) is 0 Å². The molecule has 72 valence electrons. The van der Waals surface area contributed by atoms with Gasteiger partial charge in [0.2, 0.25) is 0 Å². The first-order valence-electron chi connectivity index (χ1n) is 4.76. The zero-order valence-electron chi connectivity index (χ0n) is 8.43. The highest BCUT2D eigenvalue weighted by atomic mass is 16.5. The molecule has 0 heterocycles. The summed E-state index contributed by atoms with van der Waals surface area (Å²) in [6, 6.07) is 0. The third-order valence-electron chi connectivity index (χ3n) is 1.51. The molecule has 0 bridgehead atoms. The largest absolute Gasteiger partial charge is 0.381 e. The highest BCUT2D eigenvalue weighted by Gasteiger charge is 2.03. The first-order chi connectivity index (χ1) is 5.66. The average Bonchev–Trinajstić information content (AvgIpc) is 1.97. The average molecular weight is 172 g/mol. The molecule has 0 amide bonds. The predicted octanol–water partition coefficient (Wildman–Crippen LogP) is 2.42. The maximum absolute atomic E-state index is 11.1. The minimum absolute atomic E-state index is 0.320. The summed E-state index contributed by atoms with van der Waals surface area (Å²) in [6.45, 7) is 7.56. The SMILES string of the molecule is CCCOCCC(=O)CC(C)C. The second-order valence-corrected chi connectivity index (χ2v) is 3.50. The lowest BCUT2D eigenvalue weighted by Gasteiger charge is -2.03. The Kier molecular flexibility index (Phi) is 7.06. The minimum Gasteiger partial charge on any atom is -0.381 e. The van der Waals surface area contributed by atoms with E-state index < -0.39 is 0 Å². The van der Waals surface area contributed by atoms with Crippen LogP contribution in [0.2, 0.25) is 0 Å². The highest BCUT2D eigenvalue weighted by Crippen LogP contribution is 2.02. The Bertz CT molecular complexity index is 119. The normalized spacial score (nSPS) is 10.7. The van der Waals surface area contributed by atoms with Crippen LogP contribution in [0.1, 0.15) is 40.0 Å². The van der Waals surface area contributed by atoms with Gasteiger partial charge in [-0.1, -0.05) is 20.8 Å². The van der Waals surface area contributed by atoms with E-state index in [1.807, 2.05) is 0 Å². The van der Waals surface area contributed by atoms with E-state index in [2.05, 4.69) is 20.8 Å². The molecule has 0 aromatic rings. The van der Waals surface area contributed by atoms with Crippen molar-refractivity contribution in [1.82, 2.24) is 0 Å². The molecule has 2 heteroatoms. The van der Waals surface area contributed by atoms with Crippen LogP contribution < -0.4 is 0 Å². The summed E-state index contributed by atoms with van der Waals surface area (Å²) in [5, 5.41) is 0. The van der Waals surface area contributed by atoms with Crippen molar-refractivity contribution in [2.75, 3.05) is 13.2 Å². The van der Waals surface area contributed by atoms with E-state index in [9.17, 15) is 4.79 Å². The summed E-state index contributed by atoms with van der Waals surface area (Å²) in [4.78, 5) is 11.1. The van der Waals surface area contributed by atoms with Crippen LogP contribution in [-0.2, 0) is 9.53 Å². The molecule has 2 nitrogen and oxygen atoms in total. The lowest BCUT2D eigenvalue weighted by Crippen LogP contribution is -2.07. The van der Waals surface area contributed by atoms with Crippen LogP contribution in [0, 0.1) is 5.92 Å². The summed E-state index contributed by atoms with van der Waals surface area (Å²) < 4.78 is 5.21. The van der Waals surface area contributed by atoms with Crippen LogP contribution in [0.15, 0.2) is 0 Å². The van der Waals surface area contributed by atoms with Gasteiger partial charge in [0.15, 0.2) is 0 Å². The van der Waals surface area contributed by atoms with Gasteiger partial charge in [-0.05, 0) is 12.3 Å². The molecule has 12 heavy (non-hydrogen) atoms. The van der Waals surface area contributed by atoms with Crippen molar-refractivity contribution in [1.29, 1.82) is 0 Å². The van der Waals surface area contributed by atoms with Crippen molar-refractivity contribution >= 4 is 5.78 Å². The van der Waals surface area contributed by atoms with Crippen molar-refractivity contribution in [3.8, 4) is 0 Å². The predicted molar refractivity (Wildman–Crippen MR) is 50.2 cm³/mol. The minimum atomic E-state index is 0.320. The fraction of sp³-hybridized carbons (Fsp3) is 0.900. The topological polar surface area (TPSA) is 26.3 Å². The molecule has 0 saturated heterocycles. The van der Waals surface area contributed by atoms with Crippen molar-refractivity contribution in [3.05, 3.63) is 0 Å². The van der Waals surface area contributed by atoms with Gasteiger partial charge in [-0.3, -0.25) is 4.79 Å². The number of carbonyl (C=O) groups is 1. The Morgan fingerprint density at radius 2 is 2.00 bits per heavy atom. The van der Waals surface area contributed by atoms with Crippen LogP contribution in [0.4, 0.5) is 0 Å². The van der Waals surface area contributed by atoms with Gasteiger partial charge in [0.25, 0.3) is 0 Å². The number of hydrogen-bond acceptors (Lipinski definition) is 2. The van der Waals surface area contributed by atoms with Gasteiger partial charge in [-0.2, -0.15) is 0 Å². The van der Waals surface area contributed by atoms with Gasteiger partial charge in [0.1, 0.15) is 5.78 Å². The van der Waals surface area contributed by atoms with Gasteiger partial charge in [0.05, 0.1) is 6.61 Å². The molecule has 0 rings (SSSR count). The van der Waals surface area contributed by atoms with E-state index in [1.54, 1.807) is 0 Å².